The van der Waals surface area contributed by atoms with Gasteiger partial charge in [-0.3, -0.25) is 14.4 Å². The summed E-state index contributed by atoms with van der Waals surface area (Å²) < 4.78 is 15.8. The average molecular weight is 431 g/mol. The molecule has 0 spiro atoms. The van der Waals surface area contributed by atoms with Crippen LogP contribution in [0, 0.1) is 29.1 Å². The minimum absolute atomic E-state index is 0.0299. The van der Waals surface area contributed by atoms with Crippen molar-refractivity contribution in [2.45, 2.75) is 72.0 Å². The van der Waals surface area contributed by atoms with E-state index in [4.69, 9.17) is 14.2 Å². The molecule has 0 amide bonds. The molecule has 0 aromatic carbocycles. The molecular weight excluding hydrogens is 392 g/mol. The van der Waals surface area contributed by atoms with Crippen LogP contribution in [0.15, 0.2) is 0 Å². The average Bonchev–Trinajstić information content (AvgIpc) is 2.70. The van der Waals surface area contributed by atoms with Gasteiger partial charge in [-0.15, -0.1) is 0 Å². The summed E-state index contributed by atoms with van der Waals surface area (Å²) >= 11 is 4.41. The third kappa shape index (κ3) is 6.37. The molecule has 6 nitrogen and oxygen atoms in total. The molecule has 3 atom stereocenters. The van der Waals surface area contributed by atoms with Crippen LogP contribution in [0.3, 0.4) is 0 Å². The van der Waals surface area contributed by atoms with Crippen molar-refractivity contribution in [1.82, 2.24) is 0 Å². The Labute approximate surface area is 180 Å². The van der Waals surface area contributed by atoms with Crippen molar-refractivity contribution >= 4 is 30.5 Å². The Morgan fingerprint density at radius 2 is 1.41 bits per heavy atom. The van der Waals surface area contributed by atoms with Gasteiger partial charge in [-0.25, -0.2) is 0 Å². The zero-order valence-electron chi connectivity index (χ0n) is 18.7. The lowest BCUT2D eigenvalue weighted by Gasteiger charge is -2.38. The summed E-state index contributed by atoms with van der Waals surface area (Å²) in [5.74, 6) is -1.61. The first kappa shape index (κ1) is 25.8. The van der Waals surface area contributed by atoms with Gasteiger partial charge >= 0.3 is 17.9 Å². The highest BCUT2D eigenvalue weighted by molar-refractivity contribution is 7.81. The van der Waals surface area contributed by atoms with Crippen LogP contribution in [0.5, 0.6) is 0 Å². The number of ether oxygens (including phenoxy) is 3. The predicted molar refractivity (Wildman–Crippen MR) is 115 cm³/mol. The molecule has 1 aliphatic rings. The molecular formula is C22H38O6S. The number of hydrogen-bond donors (Lipinski definition) is 1. The highest BCUT2D eigenvalue weighted by atomic mass is 32.1. The van der Waals surface area contributed by atoms with Gasteiger partial charge in [-0.2, -0.15) is 12.6 Å². The van der Waals surface area contributed by atoms with Crippen molar-refractivity contribution in [2.75, 3.05) is 20.3 Å². The fourth-order valence-corrected chi connectivity index (χ4v) is 4.73. The molecule has 1 rings (SSSR count). The van der Waals surface area contributed by atoms with E-state index in [0.717, 1.165) is 12.8 Å². The van der Waals surface area contributed by atoms with E-state index in [1.807, 2.05) is 34.6 Å². The molecule has 1 aliphatic carbocycles. The van der Waals surface area contributed by atoms with E-state index in [1.54, 1.807) is 0 Å². The van der Waals surface area contributed by atoms with E-state index in [-0.39, 0.29) is 37.0 Å². The molecule has 1 fully saturated rings. The largest absolute Gasteiger partial charge is 0.469 e. The third-order valence-electron chi connectivity index (χ3n) is 6.42. The molecule has 7 heteroatoms. The zero-order valence-corrected chi connectivity index (χ0v) is 19.6. The molecule has 3 unspecified atom stereocenters. The summed E-state index contributed by atoms with van der Waals surface area (Å²) in [6, 6.07) is 0. The Morgan fingerprint density at radius 3 is 1.86 bits per heavy atom. The molecule has 0 bridgehead atoms. The first-order valence-corrected chi connectivity index (χ1v) is 11.2. The van der Waals surface area contributed by atoms with Gasteiger partial charge in [-0.1, -0.05) is 47.5 Å². The quantitative estimate of drug-likeness (QED) is 0.320. The highest BCUT2D eigenvalue weighted by Gasteiger charge is 2.44. The fraction of sp³-hybridized carbons (Fsp3) is 0.864. The first-order chi connectivity index (χ1) is 13.6. The topological polar surface area (TPSA) is 78.9 Å². The third-order valence-corrected chi connectivity index (χ3v) is 6.72. The smallest absolute Gasteiger partial charge is 0.312 e. The standard InChI is InChI=1S/C22H38O6S/c1-7-22(14(2)3,15(4)5)21(25)28-13-16(29)12-27-20(24)18-11-9-8-10-17(18)19(23)26-6/h14-18,29H,7-13H2,1-6H3. The van der Waals surface area contributed by atoms with Crippen LogP contribution in [-0.2, 0) is 28.6 Å². The van der Waals surface area contributed by atoms with Gasteiger partial charge < -0.3 is 14.2 Å². The maximum atomic E-state index is 12.8. The van der Waals surface area contributed by atoms with E-state index in [2.05, 4.69) is 12.6 Å². The lowest BCUT2D eigenvalue weighted by Crippen LogP contribution is -2.43. The molecule has 0 aromatic rings. The lowest BCUT2D eigenvalue weighted by atomic mass is 9.67. The maximum absolute atomic E-state index is 12.8. The maximum Gasteiger partial charge on any atom is 0.312 e. The predicted octanol–water partition coefficient (Wildman–Crippen LogP) is 4.06. The molecule has 0 heterocycles. The number of carbonyl (C=O) groups excluding carboxylic acids is 3. The first-order valence-electron chi connectivity index (χ1n) is 10.7. The fourth-order valence-electron chi connectivity index (χ4n) is 4.59. The van der Waals surface area contributed by atoms with Crippen LogP contribution in [0.1, 0.15) is 66.7 Å². The van der Waals surface area contributed by atoms with Crippen LogP contribution >= 0.6 is 12.6 Å². The number of methoxy groups -OCH3 is 1. The highest BCUT2D eigenvalue weighted by Crippen LogP contribution is 2.40. The Hall–Kier alpha value is -1.24. The number of hydrogen-bond acceptors (Lipinski definition) is 7. The summed E-state index contributed by atoms with van der Waals surface area (Å²) in [5, 5.41) is -0.419. The Bertz CT molecular complexity index is 552. The van der Waals surface area contributed by atoms with E-state index in [9.17, 15) is 14.4 Å². The van der Waals surface area contributed by atoms with Crippen LogP contribution in [-0.4, -0.2) is 43.5 Å². The monoisotopic (exact) mass is 430 g/mol. The lowest BCUT2D eigenvalue weighted by molar-refractivity contribution is -0.164. The van der Waals surface area contributed by atoms with Crippen LogP contribution < -0.4 is 0 Å². The summed E-state index contributed by atoms with van der Waals surface area (Å²) in [6.07, 6.45) is 3.74. The molecule has 0 N–H and O–H groups in total. The SMILES string of the molecule is CCC(C(=O)OCC(S)COC(=O)C1CCCCC1C(=O)OC)(C(C)C)C(C)C. The Morgan fingerprint density at radius 1 is 0.931 bits per heavy atom. The van der Waals surface area contributed by atoms with E-state index in [1.165, 1.54) is 7.11 Å². The van der Waals surface area contributed by atoms with Gasteiger partial charge in [0.2, 0.25) is 0 Å². The van der Waals surface area contributed by atoms with Crippen LogP contribution in [0.4, 0.5) is 0 Å². The van der Waals surface area contributed by atoms with Crippen LogP contribution in [0.2, 0.25) is 0 Å². The second-order valence-electron chi connectivity index (χ2n) is 8.61. The molecule has 0 radical (unpaired) electrons. The number of esters is 3. The van der Waals surface area contributed by atoms with Crippen molar-refractivity contribution in [3.8, 4) is 0 Å². The number of carbonyl (C=O) groups is 3. The van der Waals surface area contributed by atoms with Gasteiger partial charge in [0.15, 0.2) is 0 Å². The number of thiol groups is 1. The van der Waals surface area contributed by atoms with Crippen molar-refractivity contribution in [3.63, 3.8) is 0 Å². The van der Waals surface area contributed by atoms with E-state index < -0.39 is 28.5 Å². The minimum atomic E-state index is -0.542. The number of rotatable bonds is 10. The Balaban J connectivity index is 2.58. The van der Waals surface area contributed by atoms with Gasteiger partial charge in [0.25, 0.3) is 0 Å². The molecule has 29 heavy (non-hydrogen) atoms. The van der Waals surface area contributed by atoms with Gasteiger partial charge in [0.05, 0.1) is 29.6 Å². The van der Waals surface area contributed by atoms with Crippen molar-refractivity contribution < 1.29 is 28.6 Å². The van der Waals surface area contributed by atoms with Crippen LogP contribution in [0.25, 0.3) is 0 Å². The van der Waals surface area contributed by atoms with E-state index in [0.29, 0.717) is 19.3 Å². The summed E-state index contributed by atoms with van der Waals surface area (Å²) in [5.41, 5.74) is -0.542. The van der Waals surface area contributed by atoms with Crippen molar-refractivity contribution in [3.05, 3.63) is 0 Å². The minimum Gasteiger partial charge on any atom is -0.469 e. The molecule has 0 aromatic heterocycles. The van der Waals surface area contributed by atoms with Crippen molar-refractivity contribution in [1.29, 1.82) is 0 Å². The molecule has 1 saturated carbocycles. The molecule has 0 aliphatic heterocycles. The second-order valence-corrected chi connectivity index (χ2v) is 9.34. The van der Waals surface area contributed by atoms with Gasteiger partial charge in [-0.05, 0) is 31.1 Å². The van der Waals surface area contributed by atoms with E-state index >= 15 is 0 Å². The summed E-state index contributed by atoms with van der Waals surface area (Å²) in [6.45, 7) is 10.2. The normalized spacial score (nSPS) is 21.0. The van der Waals surface area contributed by atoms with Crippen molar-refractivity contribution in [2.24, 2.45) is 29.1 Å². The Kier molecular flexibility index (Phi) is 10.5. The second kappa shape index (κ2) is 11.8. The van der Waals surface area contributed by atoms with Gasteiger partial charge in [0, 0.05) is 0 Å². The zero-order chi connectivity index (χ0) is 22.2. The molecule has 168 valence electrons. The summed E-state index contributed by atoms with van der Waals surface area (Å²) in [7, 11) is 1.34. The summed E-state index contributed by atoms with van der Waals surface area (Å²) in [4.78, 5) is 37.2. The molecule has 0 saturated heterocycles. The van der Waals surface area contributed by atoms with Gasteiger partial charge in [0.1, 0.15) is 13.2 Å².